The molecule has 20 heavy (non-hydrogen) atoms. The zero-order valence-electron chi connectivity index (χ0n) is 11.2. The number of aliphatic hydroxyl groups is 1. The van der Waals surface area contributed by atoms with Crippen molar-refractivity contribution in [2.75, 3.05) is 6.61 Å². The number of aliphatic hydroxyl groups excluding tert-OH is 1. The van der Waals surface area contributed by atoms with Crippen LogP contribution in [0.3, 0.4) is 0 Å². The quantitative estimate of drug-likeness (QED) is 0.918. The Balaban J connectivity index is 1.88. The highest BCUT2D eigenvalue weighted by Gasteiger charge is 2.20. The van der Waals surface area contributed by atoms with E-state index in [1.54, 1.807) is 0 Å². The lowest BCUT2D eigenvalue weighted by molar-refractivity contribution is 0.169. The molecule has 1 heterocycles. The number of benzene rings is 2. The SMILES string of the molecule is OC(Cc1ccccc1Br)c1cccc2c1OCCC2. The second-order valence-electron chi connectivity index (χ2n) is 5.10. The number of hydrogen-bond donors (Lipinski definition) is 1. The summed E-state index contributed by atoms with van der Waals surface area (Å²) in [7, 11) is 0. The van der Waals surface area contributed by atoms with Gasteiger partial charge in [-0.25, -0.2) is 0 Å². The molecule has 2 aromatic rings. The molecule has 0 radical (unpaired) electrons. The highest BCUT2D eigenvalue weighted by atomic mass is 79.9. The van der Waals surface area contributed by atoms with Crippen LogP contribution in [0.2, 0.25) is 0 Å². The first-order valence-corrected chi connectivity index (χ1v) is 7.71. The Morgan fingerprint density at radius 3 is 2.85 bits per heavy atom. The van der Waals surface area contributed by atoms with Crippen molar-refractivity contribution in [2.45, 2.75) is 25.4 Å². The Bertz CT molecular complexity index is 610. The van der Waals surface area contributed by atoms with E-state index in [-0.39, 0.29) is 0 Å². The highest BCUT2D eigenvalue weighted by Crippen LogP contribution is 2.34. The van der Waals surface area contributed by atoms with Gasteiger partial charge < -0.3 is 9.84 Å². The molecule has 1 unspecified atom stereocenters. The molecule has 2 nitrogen and oxygen atoms in total. The van der Waals surface area contributed by atoms with Gasteiger partial charge in [0.15, 0.2) is 0 Å². The molecule has 0 fully saturated rings. The molecule has 104 valence electrons. The summed E-state index contributed by atoms with van der Waals surface area (Å²) >= 11 is 3.53. The Labute approximate surface area is 127 Å². The van der Waals surface area contributed by atoms with Crippen molar-refractivity contribution in [3.63, 3.8) is 0 Å². The fourth-order valence-electron chi connectivity index (χ4n) is 2.66. The van der Waals surface area contributed by atoms with Crippen LogP contribution in [0.1, 0.15) is 29.2 Å². The summed E-state index contributed by atoms with van der Waals surface area (Å²) in [5.74, 6) is 0.887. The molecule has 3 heteroatoms. The van der Waals surface area contributed by atoms with E-state index in [0.29, 0.717) is 6.42 Å². The molecule has 1 atom stereocenters. The van der Waals surface area contributed by atoms with E-state index in [4.69, 9.17) is 4.74 Å². The lowest BCUT2D eigenvalue weighted by Crippen LogP contribution is -2.13. The topological polar surface area (TPSA) is 29.5 Å². The summed E-state index contributed by atoms with van der Waals surface area (Å²) in [6, 6.07) is 14.1. The van der Waals surface area contributed by atoms with Gasteiger partial charge in [-0.3, -0.25) is 0 Å². The van der Waals surface area contributed by atoms with E-state index in [1.807, 2.05) is 36.4 Å². The summed E-state index contributed by atoms with van der Waals surface area (Å²) < 4.78 is 6.80. The van der Waals surface area contributed by atoms with Crippen molar-refractivity contribution >= 4 is 15.9 Å². The summed E-state index contributed by atoms with van der Waals surface area (Å²) in [6.07, 6.45) is 2.13. The Morgan fingerprint density at radius 1 is 1.15 bits per heavy atom. The highest BCUT2D eigenvalue weighted by molar-refractivity contribution is 9.10. The van der Waals surface area contributed by atoms with E-state index in [2.05, 4.69) is 22.0 Å². The fraction of sp³-hybridized carbons (Fsp3) is 0.294. The number of para-hydroxylation sites is 1. The smallest absolute Gasteiger partial charge is 0.128 e. The number of ether oxygens (including phenoxy) is 1. The van der Waals surface area contributed by atoms with Crippen LogP contribution in [0.15, 0.2) is 46.9 Å². The van der Waals surface area contributed by atoms with Crippen LogP contribution >= 0.6 is 15.9 Å². The van der Waals surface area contributed by atoms with Crippen LogP contribution in [0, 0.1) is 0 Å². The molecule has 0 spiro atoms. The second kappa shape index (κ2) is 5.98. The molecular weight excluding hydrogens is 316 g/mol. The minimum atomic E-state index is -0.540. The van der Waals surface area contributed by atoms with Gasteiger partial charge in [-0.1, -0.05) is 52.3 Å². The van der Waals surface area contributed by atoms with Crippen LogP contribution in [-0.2, 0) is 12.8 Å². The van der Waals surface area contributed by atoms with Gasteiger partial charge in [0.1, 0.15) is 5.75 Å². The summed E-state index contributed by atoms with van der Waals surface area (Å²) in [4.78, 5) is 0. The molecule has 0 aromatic heterocycles. The normalized spacial score (nSPS) is 15.3. The Kier molecular flexibility index (Phi) is 4.08. The first kappa shape index (κ1) is 13.7. The van der Waals surface area contributed by atoms with Crippen molar-refractivity contribution in [3.05, 3.63) is 63.6 Å². The predicted molar refractivity (Wildman–Crippen MR) is 83.1 cm³/mol. The van der Waals surface area contributed by atoms with Crippen molar-refractivity contribution in [1.29, 1.82) is 0 Å². The van der Waals surface area contributed by atoms with Gasteiger partial charge in [-0.2, -0.15) is 0 Å². The minimum absolute atomic E-state index is 0.540. The van der Waals surface area contributed by atoms with Crippen molar-refractivity contribution in [1.82, 2.24) is 0 Å². The van der Waals surface area contributed by atoms with E-state index < -0.39 is 6.10 Å². The molecular formula is C17H17BrO2. The number of rotatable bonds is 3. The van der Waals surface area contributed by atoms with Crippen molar-refractivity contribution in [3.8, 4) is 5.75 Å². The van der Waals surface area contributed by atoms with Crippen molar-refractivity contribution < 1.29 is 9.84 Å². The zero-order valence-corrected chi connectivity index (χ0v) is 12.8. The van der Waals surface area contributed by atoms with Gasteiger partial charge in [0.05, 0.1) is 12.7 Å². The molecule has 1 aliphatic heterocycles. The fourth-order valence-corrected chi connectivity index (χ4v) is 3.11. The van der Waals surface area contributed by atoms with Crippen LogP contribution in [0.25, 0.3) is 0 Å². The van der Waals surface area contributed by atoms with Gasteiger partial charge in [-0.05, 0) is 30.0 Å². The third-order valence-corrected chi connectivity index (χ3v) is 4.47. The molecule has 1 N–H and O–H groups in total. The summed E-state index contributed by atoms with van der Waals surface area (Å²) in [5, 5.41) is 10.6. The maximum atomic E-state index is 10.6. The molecule has 0 saturated heterocycles. The number of fused-ring (bicyclic) bond motifs is 1. The summed E-state index contributed by atoms with van der Waals surface area (Å²) in [5.41, 5.74) is 3.21. The molecule has 0 amide bonds. The predicted octanol–water partition coefficient (Wildman–Crippen LogP) is 4.05. The van der Waals surface area contributed by atoms with Gasteiger partial charge >= 0.3 is 0 Å². The van der Waals surface area contributed by atoms with Crippen LogP contribution in [-0.4, -0.2) is 11.7 Å². The maximum absolute atomic E-state index is 10.6. The number of halogens is 1. The molecule has 0 bridgehead atoms. The number of aryl methyl sites for hydroxylation is 1. The molecule has 2 aromatic carbocycles. The largest absolute Gasteiger partial charge is 0.493 e. The molecule has 0 aliphatic carbocycles. The molecule has 3 rings (SSSR count). The Hall–Kier alpha value is -1.32. The average molecular weight is 333 g/mol. The second-order valence-corrected chi connectivity index (χ2v) is 5.95. The van der Waals surface area contributed by atoms with Gasteiger partial charge in [0.2, 0.25) is 0 Å². The monoisotopic (exact) mass is 332 g/mol. The first-order chi connectivity index (χ1) is 9.75. The Morgan fingerprint density at radius 2 is 2.00 bits per heavy atom. The lowest BCUT2D eigenvalue weighted by Gasteiger charge is -2.23. The minimum Gasteiger partial charge on any atom is -0.493 e. The first-order valence-electron chi connectivity index (χ1n) is 6.92. The van der Waals surface area contributed by atoms with Gasteiger partial charge in [0.25, 0.3) is 0 Å². The van der Waals surface area contributed by atoms with E-state index in [0.717, 1.165) is 40.8 Å². The van der Waals surface area contributed by atoms with Gasteiger partial charge in [-0.15, -0.1) is 0 Å². The van der Waals surface area contributed by atoms with E-state index in [9.17, 15) is 5.11 Å². The third-order valence-electron chi connectivity index (χ3n) is 3.69. The maximum Gasteiger partial charge on any atom is 0.128 e. The molecule has 0 saturated carbocycles. The van der Waals surface area contributed by atoms with Gasteiger partial charge in [0, 0.05) is 16.5 Å². The average Bonchev–Trinajstić information content (AvgIpc) is 2.49. The lowest BCUT2D eigenvalue weighted by atomic mass is 9.96. The van der Waals surface area contributed by atoms with Crippen LogP contribution in [0.4, 0.5) is 0 Å². The zero-order chi connectivity index (χ0) is 13.9. The third kappa shape index (κ3) is 2.74. The molecule has 1 aliphatic rings. The number of hydrogen-bond acceptors (Lipinski definition) is 2. The van der Waals surface area contributed by atoms with Crippen LogP contribution < -0.4 is 4.74 Å². The van der Waals surface area contributed by atoms with E-state index in [1.165, 1.54) is 5.56 Å². The summed E-state index contributed by atoms with van der Waals surface area (Å²) in [6.45, 7) is 0.742. The van der Waals surface area contributed by atoms with Crippen molar-refractivity contribution in [2.24, 2.45) is 0 Å². The van der Waals surface area contributed by atoms with E-state index >= 15 is 0 Å². The van der Waals surface area contributed by atoms with Crippen LogP contribution in [0.5, 0.6) is 5.75 Å². The standard InChI is InChI=1S/C17H17BrO2/c18-15-9-2-1-5-13(15)11-16(19)14-8-3-6-12-7-4-10-20-17(12)14/h1-3,5-6,8-9,16,19H,4,7,10-11H2.